The van der Waals surface area contributed by atoms with Crippen LogP contribution in [-0.4, -0.2) is 48.9 Å². The SMILES string of the molecule is CC(C(=O)OC(=O)SCC#N)[C@H]1CC[C@H]2[C@@H]3CCC4=Cc5c(cnn5-c5ccc(F)c(C(=O)SCC#N)c5)C[C@]4(C)[C@H]3[C@@H](O)C[C@]12C. The number of aromatic nitrogens is 2. The molecule has 4 aliphatic carbocycles. The molecule has 2 aromatic rings. The summed E-state index contributed by atoms with van der Waals surface area (Å²) in [7, 11) is 0. The maximum atomic E-state index is 14.6. The molecule has 1 aromatic carbocycles. The van der Waals surface area contributed by atoms with Gasteiger partial charge in [0.05, 0.1) is 58.8 Å². The number of aliphatic hydroxyl groups excluding tert-OH is 1. The van der Waals surface area contributed by atoms with E-state index < -0.39 is 34.2 Å². The largest absolute Gasteiger partial charge is 0.393 e. The zero-order valence-corrected chi connectivity index (χ0v) is 28.2. The molecule has 8 atom stereocenters. The summed E-state index contributed by atoms with van der Waals surface area (Å²) in [6.45, 7) is 6.26. The Morgan fingerprint density at radius 1 is 1.17 bits per heavy atom. The van der Waals surface area contributed by atoms with Gasteiger partial charge in [-0.05, 0) is 115 Å². The van der Waals surface area contributed by atoms with Crippen molar-refractivity contribution < 1.29 is 28.6 Å². The predicted molar refractivity (Wildman–Crippen MR) is 176 cm³/mol. The van der Waals surface area contributed by atoms with Crippen molar-refractivity contribution in [2.75, 3.05) is 11.5 Å². The van der Waals surface area contributed by atoms with Crippen LogP contribution in [0, 0.1) is 68.9 Å². The van der Waals surface area contributed by atoms with Crippen LogP contribution >= 0.6 is 23.5 Å². The molecule has 47 heavy (non-hydrogen) atoms. The molecule has 9 nitrogen and oxygen atoms in total. The number of nitrogens with zero attached hydrogens (tertiary/aromatic N) is 4. The van der Waals surface area contributed by atoms with Gasteiger partial charge in [-0.25, -0.2) is 13.9 Å². The Hall–Kier alpha value is -3.45. The Balaban J connectivity index is 1.24. The summed E-state index contributed by atoms with van der Waals surface area (Å²) in [4.78, 5) is 37.6. The van der Waals surface area contributed by atoms with Crippen LogP contribution in [0.4, 0.5) is 9.18 Å². The third-order valence-corrected chi connectivity index (χ3v) is 12.9. The Morgan fingerprint density at radius 2 is 1.91 bits per heavy atom. The number of ether oxygens (including phenoxy) is 1. The highest BCUT2D eigenvalue weighted by molar-refractivity contribution is 8.14. The molecule has 1 N–H and O–H groups in total. The molecular formula is C35H37FN4O5S2. The van der Waals surface area contributed by atoms with Gasteiger partial charge in [0.2, 0.25) is 5.12 Å². The minimum absolute atomic E-state index is 0.0225. The molecule has 0 spiro atoms. The van der Waals surface area contributed by atoms with Gasteiger partial charge in [0.25, 0.3) is 0 Å². The Labute approximate surface area is 281 Å². The van der Waals surface area contributed by atoms with Crippen molar-refractivity contribution in [2.24, 2.45) is 40.4 Å². The summed E-state index contributed by atoms with van der Waals surface area (Å²) in [5.74, 6) is -1.29. The first kappa shape index (κ1) is 33.5. The van der Waals surface area contributed by atoms with E-state index >= 15 is 0 Å². The summed E-state index contributed by atoms with van der Waals surface area (Å²) < 4.78 is 21.4. The average Bonchev–Trinajstić information content (AvgIpc) is 3.60. The molecule has 0 radical (unpaired) electrons. The Bertz CT molecular complexity index is 1750. The monoisotopic (exact) mass is 676 g/mol. The lowest BCUT2D eigenvalue weighted by atomic mass is 9.45. The number of carbonyl (C=O) groups excluding carboxylic acids is 3. The predicted octanol–water partition coefficient (Wildman–Crippen LogP) is 6.73. The Morgan fingerprint density at radius 3 is 2.66 bits per heavy atom. The van der Waals surface area contributed by atoms with E-state index in [9.17, 15) is 23.9 Å². The van der Waals surface area contributed by atoms with E-state index in [1.807, 2.05) is 25.3 Å². The number of halogens is 1. The van der Waals surface area contributed by atoms with Crippen LogP contribution in [0.1, 0.15) is 74.5 Å². The number of nitriles is 2. The standard InChI is InChI=1S/C35H37FN4O5S2/c1-19(31(42)45-33(44)47-13-11-38)25-7-8-26-23-6-4-21-14-28-20(16-34(21,2)30(23)29(41)17-35(25,26)3)18-39-40(28)22-5-9-27(36)24(15-22)32(43)46-12-10-37/h5,9,14-15,18-19,23,25-26,29-30,41H,4,6-8,12-13,16-17H2,1-3H3/t19?,23-,25+,26-,29-,30+,34-,35+/m0/s1. The molecule has 1 aromatic heterocycles. The van der Waals surface area contributed by atoms with E-state index in [1.165, 1.54) is 17.7 Å². The van der Waals surface area contributed by atoms with Crippen molar-refractivity contribution in [2.45, 2.75) is 65.4 Å². The van der Waals surface area contributed by atoms with Crippen LogP contribution in [0.25, 0.3) is 11.8 Å². The number of allylic oxidation sites excluding steroid dienone is 1. The molecule has 3 saturated carbocycles. The second-order valence-corrected chi connectivity index (χ2v) is 15.7. The second-order valence-electron chi connectivity index (χ2n) is 13.8. The minimum Gasteiger partial charge on any atom is -0.393 e. The van der Waals surface area contributed by atoms with Gasteiger partial charge in [0.15, 0.2) is 0 Å². The number of hydrogen-bond acceptors (Lipinski definition) is 10. The van der Waals surface area contributed by atoms with Gasteiger partial charge in [-0.2, -0.15) is 15.6 Å². The fourth-order valence-corrected chi connectivity index (χ4v) is 10.5. The van der Waals surface area contributed by atoms with Crippen molar-refractivity contribution in [3.63, 3.8) is 0 Å². The van der Waals surface area contributed by atoms with Crippen molar-refractivity contribution in [1.82, 2.24) is 9.78 Å². The normalized spacial score (nSPS) is 31.1. The minimum atomic E-state index is -0.755. The van der Waals surface area contributed by atoms with Crippen LogP contribution in [0.5, 0.6) is 0 Å². The molecule has 246 valence electrons. The first-order valence-electron chi connectivity index (χ1n) is 16.0. The third-order valence-electron chi connectivity index (χ3n) is 11.6. The van der Waals surface area contributed by atoms with E-state index in [0.717, 1.165) is 48.7 Å². The quantitative estimate of drug-likeness (QED) is 0.258. The van der Waals surface area contributed by atoms with E-state index in [0.29, 0.717) is 36.2 Å². The smallest absolute Gasteiger partial charge is 0.376 e. The lowest BCUT2D eigenvalue weighted by Crippen LogP contribution is -2.57. The lowest BCUT2D eigenvalue weighted by molar-refractivity contribution is -0.151. The Kier molecular flexibility index (Phi) is 9.16. The number of thioether (sulfide) groups is 2. The highest BCUT2D eigenvalue weighted by Gasteiger charge is 2.63. The molecule has 3 fully saturated rings. The number of fused-ring (bicyclic) bond motifs is 6. The van der Waals surface area contributed by atoms with Crippen molar-refractivity contribution >= 4 is 46.0 Å². The maximum absolute atomic E-state index is 14.6. The molecule has 0 bridgehead atoms. The number of hydrogen-bond donors (Lipinski definition) is 1. The first-order valence-corrected chi connectivity index (χ1v) is 18.0. The molecule has 0 saturated heterocycles. The van der Waals surface area contributed by atoms with E-state index in [2.05, 4.69) is 25.0 Å². The molecule has 6 rings (SSSR count). The summed E-state index contributed by atoms with van der Waals surface area (Å²) in [6, 6.07) is 8.10. The van der Waals surface area contributed by atoms with E-state index in [-0.39, 0.29) is 45.7 Å². The molecule has 0 aliphatic heterocycles. The number of benzene rings is 1. The van der Waals surface area contributed by atoms with Crippen molar-refractivity contribution in [3.8, 4) is 17.8 Å². The highest BCUT2D eigenvalue weighted by Crippen LogP contribution is 2.67. The maximum Gasteiger partial charge on any atom is 0.376 e. The summed E-state index contributed by atoms with van der Waals surface area (Å²) >= 11 is 1.44. The number of esters is 1. The highest BCUT2D eigenvalue weighted by atomic mass is 32.2. The van der Waals surface area contributed by atoms with E-state index in [1.54, 1.807) is 10.7 Å². The van der Waals surface area contributed by atoms with Crippen LogP contribution in [0.3, 0.4) is 0 Å². The van der Waals surface area contributed by atoms with Gasteiger partial charge in [-0.15, -0.1) is 0 Å². The van der Waals surface area contributed by atoms with E-state index in [4.69, 9.17) is 15.3 Å². The summed E-state index contributed by atoms with van der Waals surface area (Å²) in [5, 5.41) is 32.9. The van der Waals surface area contributed by atoms with Gasteiger partial charge in [-0.1, -0.05) is 38.1 Å². The zero-order chi connectivity index (χ0) is 33.7. The number of rotatable bonds is 6. The van der Waals surface area contributed by atoms with Crippen molar-refractivity contribution in [1.29, 1.82) is 10.5 Å². The molecule has 4 aliphatic rings. The van der Waals surface area contributed by atoms with Gasteiger partial charge < -0.3 is 9.84 Å². The van der Waals surface area contributed by atoms with Crippen LogP contribution in [0.2, 0.25) is 0 Å². The zero-order valence-electron chi connectivity index (χ0n) is 26.6. The fourth-order valence-electron chi connectivity index (χ4n) is 9.69. The van der Waals surface area contributed by atoms with Crippen LogP contribution in [0.15, 0.2) is 30.0 Å². The van der Waals surface area contributed by atoms with Gasteiger partial charge in [-0.3, -0.25) is 9.59 Å². The lowest BCUT2D eigenvalue weighted by Gasteiger charge is -2.60. The topological polar surface area (TPSA) is 146 Å². The fraction of sp³-hybridized carbons (Fsp3) is 0.543. The van der Waals surface area contributed by atoms with Crippen LogP contribution < -0.4 is 0 Å². The average molecular weight is 677 g/mol. The first-order chi connectivity index (χ1) is 22.4. The molecule has 0 amide bonds. The second kappa shape index (κ2) is 12.9. The van der Waals surface area contributed by atoms with Crippen LogP contribution in [-0.2, 0) is 16.0 Å². The van der Waals surface area contributed by atoms with Gasteiger partial charge in [0.1, 0.15) is 5.82 Å². The third kappa shape index (κ3) is 5.72. The summed E-state index contributed by atoms with van der Waals surface area (Å²) in [6.07, 6.45) is 8.18. The molecule has 1 heterocycles. The summed E-state index contributed by atoms with van der Waals surface area (Å²) in [5.41, 5.74) is 3.05. The molecule has 12 heteroatoms. The number of carbonyl (C=O) groups is 3. The van der Waals surface area contributed by atoms with Crippen molar-refractivity contribution in [3.05, 3.63) is 52.6 Å². The van der Waals surface area contributed by atoms with Gasteiger partial charge >= 0.3 is 11.3 Å². The molecule has 1 unspecified atom stereocenters. The molecular weight excluding hydrogens is 640 g/mol. The number of aliphatic hydroxyl groups is 1. The van der Waals surface area contributed by atoms with Gasteiger partial charge in [0, 0.05) is 0 Å².